The van der Waals surface area contributed by atoms with Gasteiger partial charge in [0.25, 0.3) is 0 Å². The first kappa shape index (κ1) is 13.8. The minimum absolute atomic E-state index is 0.259. The molecule has 0 spiro atoms. The van der Waals surface area contributed by atoms with Crippen molar-refractivity contribution in [1.82, 2.24) is 0 Å². The van der Waals surface area contributed by atoms with E-state index in [1.165, 1.54) is 0 Å². The van der Waals surface area contributed by atoms with E-state index >= 15 is 0 Å². The molecule has 0 saturated carbocycles. The van der Waals surface area contributed by atoms with Gasteiger partial charge in [0.05, 0.1) is 6.10 Å². The molecular formula is C15H17NO2S. The van der Waals surface area contributed by atoms with Crippen LogP contribution in [0.5, 0.6) is 5.75 Å². The highest BCUT2D eigenvalue weighted by atomic mass is 32.1. The Balaban J connectivity index is 1.91. The van der Waals surface area contributed by atoms with Crippen molar-refractivity contribution in [2.24, 2.45) is 0 Å². The topological polar surface area (TPSA) is 41.5 Å². The molecule has 0 saturated heterocycles. The lowest BCUT2D eigenvalue weighted by Crippen LogP contribution is -2.18. The summed E-state index contributed by atoms with van der Waals surface area (Å²) in [6.07, 6.45) is -0.537. The molecule has 0 heterocycles. The van der Waals surface area contributed by atoms with E-state index in [0.29, 0.717) is 5.75 Å². The Hall–Kier alpha value is -1.65. The Morgan fingerprint density at radius 2 is 1.63 bits per heavy atom. The maximum absolute atomic E-state index is 9.35. The van der Waals surface area contributed by atoms with Crippen LogP contribution in [0.1, 0.15) is 0 Å². The molecule has 4 heteroatoms. The van der Waals surface area contributed by atoms with E-state index in [9.17, 15) is 5.11 Å². The van der Waals surface area contributed by atoms with Gasteiger partial charge in [-0.25, -0.2) is 0 Å². The van der Waals surface area contributed by atoms with Crippen LogP contribution in [0.15, 0.2) is 54.6 Å². The quantitative estimate of drug-likeness (QED) is 0.710. The fraction of sp³-hybridized carbons (Fsp3) is 0.200. The summed E-state index contributed by atoms with van der Waals surface area (Å²) in [6, 6.07) is 17.6. The monoisotopic (exact) mass is 275 g/mol. The van der Waals surface area contributed by atoms with Gasteiger partial charge >= 0.3 is 0 Å². The minimum Gasteiger partial charge on any atom is -0.491 e. The third kappa shape index (κ3) is 4.50. The SMILES string of the molecule is OC(CS)COc1ccc(Nc2ccccc2)cc1. The minimum atomic E-state index is -0.537. The predicted molar refractivity (Wildman–Crippen MR) is 81.5 cm³/mol. The smallest absolute Gasteiger partial charge is 0.119 e. The van der Waals surface area contributed by atoms with Crippen molar-refractivity contribution < 1.29 is 9.84 Å². The zero-order valence-corrected chi connectivity index (χ0v) is 11.4. The lowest BCUT2D eigenvalue weighted by Gasteiger charge is -2.11. The molecule has 2 aromatic rings. The van der Waals surface area contributed by atoms with Gasteiger partial charge in [-0.1, -0.05) is 18.2 Å². The van der Waals surface area contributed by atoms with Crippen LogP contribution in [0.2, 0.25) is 0 Å². The number of aliphatic hydroxyl groups is 1. The molecule has 19 heavy (non-hydrogen) atoms. The Morgan fingerprint density at radius 1 is 1.00 bits per heavy atom. The van der Waals surface area contributed by atoms with Crippen LogP contribution >= 0.6 is 12.6 Å². The van der Waals surface area contributed by atoms with Gasteiger partial charge < -0.3 is 15.2 Å². The van der Waals surface area contributed by atoms with E-state index < -0.39 is 6.10 Å². The number of benzene rings is 2. The molecule has 0 aliphatic rings. The summed E-state index contributed by atoms with van der Waals surface area (Å²) < 4.78 is 5.44. The van der Waals surface area contributed by atoms with Crippen LogP contribution in [-0.2, 0) is 0 Å². The summed E-state index contributed by atoms with van der Waals surface area (Å²) in [6.45, 7) is 0.259. The van der Waals surface area contributed by atoms with Gasteiger partial charge in [0.15, 0.2) is 0 Å². The number of nitrogens with one attached hydrogen (secondary N) is 1. The number of hydrogen-bond acceptors (Lipinski definition) is 4. The Bertz CT molecular complexity index is 487. The maximum Gasteiger partial charge on any atom is 0.119 e. The summed E-state index contributed by atoms with van der Waals surface area (Å²) in [5, 5.41) is 12.6. The molecule has 100 valence electrons. The molecule has 3 nitrogen and oxygen atoms in total. The Morgan fingerprint density at radius 3 is 2.26 bits per heavy atom. The van der Waals surface area contributed by atoms with Crippen LogP contribution in [0, 0.1) is 0 Å². The van der Waals surface area contributed by atoms with Crippen molar-refractivity contribution in [2.45, 2.75) is 6.10 Å². The van der Waals surface area contributed by atoms with Crippen LogP contribution in [-0.4, -0.2) is 23.6 Å². The standard InChI is InChI=1S/C15H17NO2S/c17-14(11-19)10-18-15-8-6-13(7-9-15)16-12-4-2-1-3-5-12/h1-9,14,16-17,19H,10-11H2. The third-order valence-electron chi connectivity index (χ3n) is 2.57. The van der Waals surface area contributed by atoms with Gasteiger partial charge in [0.1, 0.15) is 12.4 Å². The number of ether oxygens (including phenoxy) is 1. The number of rotatable bonds is 6. The summed E-state index contributed by atoms with van der Waals surface area (Å²) >= 11 is 3.99. The molecular weight excluding hydrogens is 258 g/mol. The Kier molecular flexibility index (Phi) is 5.12. The summed E-state index contributed by atoms with van der Waals surface area (Å²) in [4.78, 5) is 0. The van der Waals surface area contributed by atoms with Crippen LogP contribution in [0.4, 0.5) is 11.4 Å². The first-order chi connectivity index (χ1) is 9.28. The van der Waals surface area contributed by atoms with E-state index in [0.717, 1.165) is 17.1 Å². The van der Waals surface area contributed by atoms with Crippen molar-refractivity contribution in [3.05, 3.63) is 54.6 Å². The average Bonchev–Trinajstić information content (AvgIpc) is 2.47. The number of hydrogen-bond donors (Lipinski definition) is 3. The predicted octanol–water partition coefficient (Wildman–Crippen LogP) is 3.10. The average molecular weight is 275 g/mol. The van der Waals surface area contributed by atoms with Crippen molar-refractivity contribution in [2.75, 3.05) is 17.7 Å². The maximum atomic E-state index is 9.35. The molecule has 0 amide bonds. The van der Waals surface area contributed by atoms with Crippen molar-refractivity contribution in [3.8, 4) is 5.75 Å². The first-order valence-electron chi connectivity index (χ1n) is 6.12. The number of para-hydroxylation sites is 1. The summed E-state index contributed by atoms with van der Waals surface area (Å²) in [7, 11) is 0. The molecule has 1 atom stereocenters. The molecule has 0 aromatic heterocycles. The summed E-state index contributed by atoms with van der Waals surface area (Å²) in [5.41, 5.74) is 2.04. The van der Waals surface area contributed by atoms with Gasteiger partial charge in [-0.2, -0.15) is 12.6 Å². The van der Waals surface area contributed by atoms with Crippen molar-refractivity contribution in [3.63, 3.8) is 0 Å². The fourth-order valence-corrected chi connectivity index (χ4v) is 1.67. The van der Waals surface area contributed by atoms with E-state index in [4.69, 9.17) is 4.74 Å². The zero-order valence-electron chi connectivity index (χ0n) is 10.5. The molecule has 0 aliphatic heterocycles. The molecule has 1 unspecified atom stereocenters. The normalized spacial score (nSPS) is 11.9. The van der Waals surface area contributed by atoms with E-state index in [2.05, 4.69) is 17.9 Å². The second-order valence-electron chi connectivity index (χ2n) is 4.16. The summed E-state index contributed by atoms with van der Waals surface area (Å²) in [5.74, 6) is 1.13. The molecule has 0 aliphatic carbocycles. The molecule has 2 rings (SSSR count). The van der Waals surface area contributed by atoms with E-state index in [1.807, 2.05) is 54.6 Å². The highest BCUT2D eigenvalue weighted by Gasteiger charge is 2.02. The van der Waals surface area contributed by atoms with Gasteiger partial charge in [0, 0.05) is 17.1 Å². The second-order valence-corrected chi connectivity index (χ2v) is 4.53. The highest BCUT2D eigenvalue weighted by Crippen LogP contribution is 2.19. The van der Waals surface area contributed by atoms with Crippen LogP contribution < -0.4 is 10.1 Å². The fourth-order valence-electron chi connectivity index (χ4n) is 1.57. The number of aliphatic hydroxyl groups excluding tert-OH is 1. The van der Waals surface area contributed by atoms with Crippen LogP contribution in [0.25, 0.3) is 0 Å². The van der Waals surface area contributed by atoms with Crippen molar-refractivity contribution >= 4 is 24.0 Å². The molecule has 2 aromatic carbocycles. The zero-order chi connectivity index (χ0) is 13.5. The largest absolute Gasteiger partial charge is 0.491 e. The number of thiol groups is 1. The first-order valence-corrected chi connectivity index (χ1v) is 6.75. The van der Waals surface area contributed by atoms with Gasteiger partial charge in [-0.05, 0) is 36.4 Å². The lowest BCUT2D eigenvalue weighted by atomic mass is 10.2. The Labute approximate surface area is 118 Å². The highest BCUT2D eigenvalue weighted by molar-refractivity contribution is 7.80. The van der Waals surface area contributed by atoms with Gasteiger partial charge in [0.2, 0.25) is 0 Å². The molecule has 0 radical (unpaired) electrons. The third-order valence-corrected chi connectivity index (χ3v) is 2.99. The van der Waals surface area contributed by atoms with Crippen molar-refractivity contribution in [1.29, 1.82) is 0 Å². The van der Waals surface area contributed by atoms with E-state index in [-0.39, 0.29) is 6.61 Å². The van der Waals surface area contributed by atoms with Crippen LogP contribution in [0.3, 0.4) is 0 Å². The molecule has 2 N–H and O–H groups in total. The second kappa shape index (κ2) is 7.07. The molecule has 0 bridgehead atoms. The number of anilines is 2. The lowest BCUT2D eigenvalue weighted by molar-refractivity contribution is 0.126. The van der Waals surface area contributed by atoms with E-state index in [1.54, 1.807) is 0 Å². The molecule has 0 fully saturated rings. The van der Waals surface area contributed by atoms with Gasteiger partial charge in [-0.15, -0.1) is 0 Å². The van der Waals surface area contributed by atoms with Gasteiger partial charge in [-0.3, -0.25) is 0 Å².